The molecule has 1 rings (SSSR count). The van der Waals surface area contributed by atoms with E-state index in [9.17, 15) is 13.6 Å². The predicted molar refractivity (Wildman–Crippen MR) is 49.6 cm³/mol. The van der Waals surface area contributed by atoms with Gasteiger partial charge in [0.15, 0.2) is 0 Å². The van der Waals surface area contributed by atoms with Crippen molar-refractivity contribution < 1.29 is 18.3 Å². The molecule has 1 aromatic heterocycles. The Labute approximate surface area is 90.5 Å². The highest BCUT2D eigenvalue weighted by Gasteiger charge is 2.18. The Kier molecular flexibility index (Phi) is 3.89. The number of aromatic nitrogens is 1. The quantitative estimate of drug-likeness (QED) is 0.734. The summed E-state index contributed by atoms with van der Waals surface area (Å²) in [5.41, 5.74) is -0.536. The molecule has 0 saturated heterocycles. The van der Waals surface area contributed by atoms with Crippen LogP contribution in [0.1, 0.15) is 23.1 Å². The number of carbonyl (C=O) groups excluding carboxylic acids is 1. The first-order valence-corrected chi connectivity index (χ1v) is 4.32. The van der Waals surface area contributed by atoms with Crippen molar-refractivity contribution in [3.63, 3.8) is 0 Å². The summed E-state index contributed by atoms with van der Waals surface area (Å²) in [6.07, 6.45) is -0.905. The first kappa shape index (κ1) is 12.0. The standard InChI is InChI=1S/C10H8F2N2O2/c1-16-9(15)2-6-4-14-5-8(10(11)12)7(6)3-13/h4-5,10H,2H2,1H3. The molecule has 6 heteroatoms. The Hall–Kier alpha value is -2.03. The van der Waals surface area contributed by atoms with Crippen LogP contribution in [0.2, 0.25) is 0 Å². The average molecular weight is 226 g/mol. The highest BCUT2D eigenvalue weighted by atomic mass is 19.3. The van der Waals surface area contributed by atoms with E-state index < -0.39 is 18.0 Å². The van der Waals surface area contributed by atoms with Gasteiger partial charge in [0.2, 0.25) is 0 Å². The van der Waals surface area contributed by atoms with E-state index in [0.717, 1.165) is 6.20 Å². The van der Waals surface area contributed by atoms with Crippen molar-refractivity contribution >= 4 is 5.97 Å². The van der Waals surface area contributed by atoms with Crippen LogP contribution >= 0.6 is 0 Å². The van der Waals surface area contributed by atoms with E-state index in [2.05, 4.69) is 9.72 Å². The number of methoxy groups -OCH3 is 1. The van der Waals surface area contributed by atoms with Gasteiger partial charge in [0.1, 0.15) is 6.07 Å². The molecule has 0 atom stereocenters. The van der Waals surface area contributed by atoms with Gasteiger partial charge in [-0.1, -0.05) is 0 Å². The molecule has 0 spiro atoms. The smallest absolute Gasteiger partial charge is 0.310 e. The minimum absolute atomic E-state index is 0.146. The number of rotatable bonds is 3. The Balaban J connectivity index is 3.15. The van der Waals surface area contributed by atoms with Gasteiger partial charge in [-0.05, 0) is 5.56 Å². The third-order valence-corrected chi connectivity index (χ3v) is 1.96. The molecule has 4 nitrogen and oxygen atoms in total. The van der Waals surface area contributed by atoms with Gasteiger partial charge in [-0.15, -0.1) is 0 Å². The first-order valence-electron chi connectivity index (χ1n) is 4.32. The second-order valence-electron chi connectivity index (χ2n) is 2.93. The van der Waals surface area contributed by atoms with E-state index in [1.807, 2.05) is 0 Å². The fraction of sp³-hybridized carbons (Fsp3) is 0.300. The lowest BCUT2D eigenvalue weighted by Gasteiger charge is -2.06. The summed E-state index contributed by atoms with van der Waals surface area (Å²) in [6, 6.07) is 1.65. The number of hydrogen-bond donors (Lipinski definition) is 0. The van der Waals surface area contributed by atoms with Crippen LogP contribution < -0.4 is 0 Å². The number of esters is 1. The van der Waals surface area contributed by atoms with E-state index in [-0.39, 0.29) is 17.5 Å². The van der Waals surface area contributed by atoms with E-state index >= 15 is 0 Å². The molecule has 0 aliphatic rings. The number of nitriles is 1. The number of alkyl halides is 2. The number of hydrogen-bond acceptors (Lipinski definition) is 4. The summed E-state index contributed by atoms with van der Waals surface area (Å²) in [7, 11) is 1.18. The molecule has 0 saturated carbocycles. The molecule has 0 unspecified atom stereocenters. The van der Waals surface area contributed by atoms with Crippen LogP contribution in [0.3, 0.4) is 0 Å². The van der Waals surface area contributed by atoms with Crippen LogP contribution in [0.5, 0.6) is 0 Å². The Morgan fingerprint density at radius 2 is 2.31 bits per heavy atom. The normalized spacial score (nSPS) is 9.94. The fourth-order valence-corrected chi connectivity index (χ4v) is 1.19. The minimum Gasteiger partial charge on any atom is -0.469 e. The zero-order chi connectivity index (χ0) is 12.1. The highest BCUT2D eigenvalue weighted by molar-refractivity contribution is 5.73. The Morgan fingerprint density at radius 3 is 2.81 bits per heavy atom. The van der Waals surface area contributed by atoms with E-state index in [1.165, 1.54) is 13.3 Å². The molecule has 0 fully saturated rings. The molecular formula is C10H8F2N2O2. The number of nitrogens with zero attached hydrogens (tertiary/aromatic N) is 2. The van der Waals surface area contributed by atoms with Crippen molar-refractivity contribution in [2.24, 2.45) is 0 Å². The minimum atomic E-state index is -2.79. The lowest BCUT2D eigenvalue weighted by atomic mass is 10.0. The number of halogens is 2. The lowest BCUT2D eigenvalue weighted by molar-refractivity contribution is -0.139. The zero-order valence-corrected chi connectivity index (χ0v) is 8.41. The molecule has 0 bridgehead atoms. The van der Waals surface area contributed by atoms with E-state index in [1.54, 1.807) is 6.07 Å². The van der Waals surface area contributed by atoms with Crippen LogP contribution in [-0.2, 0) is 16.0 Å². The second kappa shape index (κ2) is 5.16. The molecule has 0 aromatic carbocycles. The molecular weight excluding hydrogens is 218 g/mol. The topological polar surface area (TPSA) is 63.0 Å². The molecule has 84 valence electrons. The van der Waals surface area contributed by atoms with Crippen molar-refractivity contribution in [3.8, 4) is 6.07 Å². The highest BCUT2D eigenvalue weighted by Crippen LogP contribution is 2.24. The van der Waals surface area contributed by atoms with Crippen LogP contribution in [-0.4, -0.2) is 18.1 Å². The maximum atomic E-state index is 12.5. The van der Waals surface area contributed by atoms with E-state index in [4.69, 9.17) is 5.26 Å². The summed E-state index contributed by atoms with van der Waals surface area (Å²) in [5, 5.41) is 8.77. The molecule has 0 aliphatic heterocycles. The zero-order valence-electron chi connectivity index (χ0n) is 8.41. The first-order chi connectivity index (χ1) is 7.60. The molecule has 0 aliphatic carbocycles. The third kappa shape index (κ3) is 2.51. The summed E-state index contributed by atoms with van der Waals surface area (Å²) in [4.78, 5) is 14.5. The van der Waals surface area contributed by atoms with Crippen molar-refractivity contribution in [1.82, 2.24) is 4.98 Å². The maximum absolute atomic E-state index is 12.5. The van der Waals surface area contributed by atoms with Crippen molar-refractivity contribution in [3.05, 3.63) is 29.1 Å². The van der Waals surface area contributed by atoms with Gasteiger partial charge < -0.3 is 4.74 Å². The van der Waals surface area contributed by atoms with Gasteiger partial charge in [-0.25, -0.2) is 8.78 Å². The van der Waals surface area contributed by atoms with E-state index in [0.29, 0.717) is 0 Å². The Bertz CT molecular complexity index is 441. The maximum Gasteiger partial charge on any atom is 0.310 e. The predicted octanol–water partition coefficient (Wildman–Crippen LogP) is 1.61. The van der Waals surface area contributed by atoms with Gasteiger partial charge in [0.05, 0.1) is 24.7 Å². The second-order valence-corrected chi connectivity index (χ2v) is 2.93. The van der Waals surface area contributed by atoms with Crippen molar-refractivity contribution in [1.29, 1.82) is 5.26 Å². The third-order valence-electron chi connectivity index (χ3n) is 1.96. The van der Waals surface area contributed by atoms with Crippen molar-refractivity contribution in [2.75, 3.05) is 7.11 Å². The summed E-state index contributed by atoms with van der Waals surface area (Å²) >= 11 is 0. The largest absolute Gasteiger partial charge is 0.469 e. The van der Waals surface area contributed by atoms with Gasteiger partial charge in [0, 0.05) is 12.4 Å². The molecule has 0 amide bonds. The number of carbonyl (C=O) groups is 1. The SMILES string of the molecule is COC(=O)Cc1cncc(C(F)F)c1C#N. The van der Waals surface area contributed by atoms with Crippen LogP contribution in [0.15, 0.2) is 12.4 Å². The summed E-state index contributed by atoms with van der Waals surface area (Å²) < 4.78 is 29.4. The van der Waals surface area contributed by atoms with Gasteiger partial charge >= 0.3 is 5.97 Å². The molecule has 1 aromatic rings. The molecule has 16 heavy (non-hydrogen) atoms. The fourth-order valence-electron chi connectivity index (χ4n) is 1.19. The Morgan fingerprint density at radius 1 is 1.62 bits per heavy atom. The molecule has 1 heterocycles. The number of pyridine rings is 1. The van der Waals surface area contributed by atoms with Crippen LogP contribution in [0.25, 0.3) is 0 Å². The lowest BCUT2D eigenvalue weighted by Crippen LogP contribution is -2.08. The van der Waals surface area contributed by atoms with Gasteiger partial charge in [-0.3, -0.25) is 9.78 Å². The average Bonchev–Trinajstić information content (AvgIpc) is 2.28. The van der Waals surface area contributed by atoms with Gasteiger partial charge in [0.25, 0.3) is 6.43 Å². The summed E-state index contributed by atoms with van der Waals surface area (Å²) in [5.74, 6) is -0.607. The summed E-state index contributed by atoms with van der Waals surface area (Å²) in [6.45, 7) is 0. The van der Waals surface area contributed by atoms with Crippen LogP contribution in [0.4, 0.5) is 8.78 Å². The molecule has 0 radical (unpaired) electrons. The van der Waals surface area contributed by atoms with Gasteiger partial charge in [-0.2, -0.15) is 5.26 Å². The molecule has 0 N–H and O–H groups in total. The van der Waals surface area contributed by atoms with Crippen LogP contribution in [0, 0.1) is 11.3 Å². The monoisotopic (exact) mass is 226 g/mol. The van der Waals surface area contributed by atoms with Crippen molar-refractivity contribution in [2.45, 2.75) is 12.8 Å². The number of ether oxygens (including phenoxy) is 1.